The Kier molecular flexibility index (Phi) is 8.83. The molecule has 0 saturated carbocycles. The number of pyridine rings is 1. The molecule has 2 atom stereocenters. The van der Waals surface area contributed by atoms with E-state index in [2.05, 4.69) is 35.3 Å². The molecule has 5 aliphatic rings. The van der Waals surface area contributed by atoms with E-state index in [0.717, 1.165) is 59.9 Å². The normalized spacial score (nSPS) is 17.7. The SMILES string of the molecule is C[C@H](C(=O)OCc1ccccc1)[C@H]1c2ccc(nc2)OCCCCCc2ccc(cc2)C(=O)N2CCc3ccc1cc3C2. The summed E-state index contributed by atoms with van der Waals surface area (Å²) in [4.78, 5) is 33.5. The fraction of sp³-hybridized carbons (Fsp3) is 0.324. The topological polar surface area (TPSA) is 68.7 Å². The Labute approximate surface area is 253 Å². The van der Waals surface area contributed by atoms with Crippen molar-refractivity contribution in [3.05, 3.63) is 130 Å². The summed E-state index contributed by atoms with van der Waals surface area (Å²) < 4.78 is 11.7. The maximum atomic E-state index is 13.5. The van der Waals surface area contributed by atoms with Crippen LogP contribution in [0.1, 0.15) is 75.8 Å². The number of aryl methyl sites for hydroxylation is 1. The quantitative estimate of drug-likeness (QED) is 0.248. The third-order valence-electron chi connectivity index (χ3n) is 8.66. The second kappa shape index (κ2) is 13.2. The number of aromatic nitrogens is 1. The van der Waals surface area contributed by atoms with Gasteiger partial charge in [0.2, 0.25) is 5.88 Å². The van der Waals surface area contributed by atoms with Gasteiger partial charge in [-0.25, -0.2) is 4.98 Å². The van der Waals surface area contributed by atoms with Crippen LogP contribution in [0.3, 0.4) is 0 Å². The molecule has 0 radical (unpaired) electrons. The standard InChI is InChI=1S/C37H38N2O4/c1-26(37(41)43-25-28-9-4-2-5-10-28)35-31-16-15-29-19-20-39(24-33(29)22-31)36(40)30-13-11-27(12-14-30)8-6-3-7-21-42-34-18-17-32(35)23-38-34/h2,4-5,9-18,22-23,26,35H,3,6-8,19-21,24-25H2,1H3/t26-,35+/m0/s1. The average Bonchev–Trinajstić information content (AvgIpc) is 3.05. The molecule has 0 unspecified atom stereocenters. The van der Waals surface area contributed by atoms with Crippen LogP contribution in [-0.2, 0) is 35.5 Å². The number of carbonyl (C=O) groups excluding carboxylic acids is 2. The van der Waals surface area contributed by atoms with Gasteiger partial charge in [-0.05, 0) is 77.6 Å². The third-order valence-corrected chi connectivity index (χ3v) is 8.66. The van der Waals surface area contributed by atoms with Gasteiger partial charge >= 0.3 is 5.97 Å². The predicted molar refractivity (Wildman–Crippen MR) is 166 cm³/mol. The van der Waals surface area contributed by atoms with E-state index in [0.29, 0.717) is 25.6 Å². The molecule has 6 nitrogen and oxygen atoms in total. The van der Waals surface area contributed by atoms with Crippen LogP contribution in [0.2, 0.25) is 0 Å². The van der Waals surface area contributed by atoms with E-state index in [4.69, 9.17) is 9.47 Å². The number of ether oxygens (including phenoxy) is 2. The Morgan fingerprint density at radius 2 is 1.74 bits per heavy atom. The van der Waals surface area contributed by atoms with E-state index >= 15 is 0 Å². The smallest absolute Gasteiger partial charge is 0.309 e. The highest BCUT2D eigenvalue weighted by atomic mass is 16.5. The van der Waals surface area contributed by atoms with Gasteiger partial charge in [-0.1, -0.05) is 73.7 Å². The predicted octanol–water partition coefficient (Wildman–Crippen LogP) is 6.90. The lowest BCUT2D eigenvalue weighted by Gasteiger charge is -2.31. The van der Waals surface area contributed by atoms with Crippen molar-refractivity contribution in [3.63, 3.8) is 0 Å². The van der Waals surface area contributed by atoms with Gasteiger partial charge in [-0.2, -0.15) is 0 Å². The van der Waals surface area contributed by atoms with Crippen molar-refractivity contribution in [2.45, 2.75) is 58.1 Å². The molecule has 0 fully saturated rings. The molecule has 4 aromatic rings. The van der Waals surface area contributed by atoms with Crippen LogP contribution in [0.25, 0.3) is 0 Å². The number of nitrogens with zero attached hydrogens (tertiary/aromatic N) is 2. The van der Waals surface area contributed by atoms with Gasteiger partial charge in [0.25, 0.3) is 5.91 Å². The molecule has 7 bridgehead atoms. The van der Waals surface area contributed by atoms with Gasteiger partial charge < -0.3 is 14.4 Å². The Bertz CT molecular complexity index is 1550. The molecule has 43 heavy (non-hydrogen) atoms. The van der Waals surface area contributed by atoms with Crippen LogP contribution in [0.5, 0.6) is 5.88 Å². The van der Waals surface area contributed by atoms with E-state index in [-0.39, 0.29) is 24.4 Å². The largest absolute Gasteiger partial charge is 0.478 e. The van der Waals surface area contributed by atoms with Gasteiger partial charge in [0, 0.05) is 36.8 Å². The van der Waals surface area contributed by atoms with Crippen molar-refractivity contribution in [2.24, 2.45) is 5.92 Å². The second-order valence-electron chi connectivity index (χ2n) is 11.7. The first-order valence-corrected chi connectivity index (χ1v) is 15.3. The minimum absolute atomic E-state index is 0.0554. The van der Waals surface area contributed by atoms with Gasteiger partial charge in [-0.15, -0.1) is 0 Å². The van der Waals surface area contributed by atoms with Crippen LogP contribution >= 0.6 is 0 Å². The maximum absolute atomic E-state index is 13.5. The van der Waals surface area contributed by atoms with Crippen molar-refractivity contribution in [3.8, 4) is 5.88 Å². The minimum Gasteiger partial charge on any atom is -0.478 e. The highest BCUT2D eigenvalue weighted by molar-refractivity contribution is 5.94. The lowest BCUT2D eigenvalue weighted by molar-refractivity contribution is -0.149. The van der Waals surface area contributed by atoms with E-state index in [9.17, 15) is 9.59 Å². The Hall–Kier alpha value is -4.45. The Morgan fingerprint density at radius 1 is 0.930 bits per heavy atom. The van der Waals surface area contributed by atoms with Gasteiger partial charge in [0.05, 0.1) is 12.5 Å². The lowest BCUT2D eigenvalue weighted by Crippen LogP contribution is -2.36. The molecular formula is C37H38N2O4. The van der Waals surface area contributed by atoms with Crippen molar-refractivity contribution in [1.82, 2.24) is 9.88 Å². The molecule has 0 N–H and O–H groups in total. The molecule has 6 heteroatoms. The molecule has 1 aromatic heterocycles. The highest BCUT2D eigenvalue weighted by Crippen LogP contribution is 2.35. The summed E-state index contributed by atoms with van der Waals surface area (Å²) in [7, 11) is 0. The zero-order valence-electron chi connectivity index (χ0n) is 24.7. The van der Waals surface area contributed by atoms with Crippen LogP contribution in [-0.4, -0.2) is 34.9 Å². The molecular weight excluding hydrogens is 536 g/mol. The molecule has 220 valence electrons. The zero-order chi connectivity index (χ0) is 29.6. The van der Waals surface area contributed by atoms with Crippen molar-refractivity contribution >= 4 is 11.9 Å². The number of rotatable bonds is 4. The van der Waals surface area contributed by atoms with Crippen molar-refractivity contribution in [2.75, 3.05) is 13.2 Å². The summed E-state index contributed by atoms with van der Waals surface area (Å²) in [5.41, 5.74) is 7.20. The summed E-state index contributed by atoms with van der Waals surface area (Å²) in [5.74, 6) is -0.361. The Morgan fingerprint density at radius 3 is 2.53 bits per heavy atom. The number of esters is 1. The summed E-state index contributed by atoms with van der Waals surface area (Å²) in [6.45, 7) is 3.97. The molecule has 1 amide bonds. The fourth-order valence-electron chi connectivity index (χ4n) is 6.15. The van der Waals surface area contributed by atoms with E-state index in [1.165, 1.54) is 11.1 Å². The van der Waals surface area contributed by atoms with Crippen molar-refractivity contribution < 1.29 is 19.1 Å². The molecule has 0 saturated heterocycles. The van der Waals surface area contributed by atoms with Gasteiger partial charge in [-0.3, -0.25) is 9.59 Å². The van der Waals surface area contributed by atoms with E-state index in [1.54, 1.807) is 0 Å². The molecule has 5 aliphatic heterocycles. The minimum atomic E-state index is -0.461. The van der Waals surface area contributed by atoms with Gasteiger partial charge in [0.15, 0.2) is 0 Å². The Balaban J connectivity index is 1.32. The highest BCUT2D eigenvalue weighted by Gasteiger charge is 2.31. The fourth-order valence-corrected chi connectivity index (χ4v) is 6.15. The molecule has 9 rings (SSSR count). The number of hydrogen-bond acceptors (Lipinski definition) is 5. The summed E-state index contributed by atoms with van der Waals surface area (Å²) in [6, 6.07) is 28.1. The van der Waals surface area contributed by atoms with E-state index < -0.39 is 5.92 Å². The molecule has 0 aliphatic carbocycles. The summed E-state index contributed by atoms with van der Waals surface area (Å²) in [5, 5.41) is 0. The van der Waals surface area contributed by atoms with Gasteiger partial charge in [0.1, 0.15) is 6.61 Å². The molecule has 0 spiro atoms. The monoisotopic (exact) mass is 574 g/mol. The maximum Gasteiger partial charge on any atom is 0.309 e. The second-order valence-corrected chi connectivity index (χ2v) is 11.7. The summed E-state index contributed by atoms with van der Waals surface area (Å²) >= 11 is 0. The van der Waals surface area contributed by atoms with Crippen LogP contribution in [0, 0.1) is 5.92 Å². The average molecular weight is 575 g/mol. The lowest BCUT2D eigenvalue weighted by atomic mass is 9.80. The zero-order valence-corrected chi connectivity index (χ0v) is 24.7. The summed E-state index contributed by atoms with van der Waals surface area (Å²) in [6.07, 6.45) is 6.65. The van der Waals surface area contributed by atoms with Crippen LogP contribution in [0.15, 0.2) is 91.1 Å². The first kappa shape index (κ1) is 28.7. The number of hydrogen-bond donors (Lipinski definition) is 0. The molecule has 3 aromatic carbocycles. The number of carbonyl (C=O) groups is 2. The van der Waals surface area contributed by atoms with Crippen molar-refractivity contribution in [1.29, 1.82) is 0 Å². The third kappa shape index (κ3) is 6.80. The first-order chi connectivity index (χ1) is 21.0. The number of amides is 1. The van der Waals surface area contributed by atoms with Crippen LogP contribution in [0.4, 0.5) is 0 Å². The first-order valence-electron chi connectivity index (χ1n) is 15.3. The molecule has 6 heterocycles. The van der Waals surface area contributed by atoms with Crippen LogP contribution < -0.4 is 4.74 Å². The van der Waals surface area contributed by atoms with E-state index in [1.807, 2.05) is 72.6 Å². The number of benzene rings is 3.